The first-order valence-electron chi connectivity index (χ1n) is 4.98. The van der Waals surface area contributed by atoms with Crippen LogP contribution < -0.4 is 4.90 Å². The molecular formula is C11H15BrN2. The third-order valence-electron chi connectivity index (χ3n) is 2.94. The van der Waals surface area contributed by atoms with E-state index in [1.54, 1.807) is 0 Å². The summed E-state index contributed by atoms with van der Waals surface area (Å²) in [7, 11) is 0. The van der Waals surface area contributed by atoms with Gasteiger partial charge in [-0.2, -0.15) is 0 Å². The number of aromatic nitrogens is 1. The Morgan fingerprint density at radius 3 is 2.86 bits per heavy atom. The van der Waals surface area contributed by atoms with E-state index in [0.29, 0.717) is 0 Å². The SMILES string of the molecule is CC1(C)CCCN1c1ccncc1Br. The number of pyridine rings is 1. The summed E-state index contributed by atoms with van der Waals surface area (Å²) in [5, 5.41) is 0. The average Bonchev–Trinajstić information content (AvgIpc) is 2.46. The molecule has 1 aromatic heterocycles. The Morgan fingerprint density at radius 1 is 1.50 bits per heavy atom. The molecule has 76 valence electrons. The fourth-order valence-corrected chi connectivity index (χ4v) is 2.61. The number of rotatable bonds is 1. The Balaban J connectivity index is 2.36. The van der Waals surface area contributed by atoms with Crippen LogP contribution in [0.5, 0.6) is 0 Å². The highest BCUT2D eigenvalue weighted by molar-refractivity contribution is 9.10. The molecule has 14 heavy (non-hydrogen) atoms. The van der Waals surface area contributed by atoms with Gasteiger partial charge < -0.3 is 4.90 Å². The lowest BCUT2D eigenvalue weighted by atomic mass is 10.0. The minimum absolute atomic E-state index is 0.282. The molecule has 2 rings (SSSR count). The van der Waals surface area contributed by atoms with E-state index in [9.17, 15) is 0 Å². The van der Waals surface area contributed by atoms with E-state index in [2.05, 4.69) is 45.7 Å². The predicted octanol–water partition coefficient (Wildman–Crippen LogP) is 3.22. The molecule has 0 N–H and O–H groups in total. The van der Waals surface area contributed by atoms with Gasteiger partial charge in [0.25, 0.3) is 0 Å². The van der Waals surface area contributed by atoms with Crippen LogP contribution in [0.25, 0.3) is 0 Å². The fourth-order valence-electron chi connectivity index (χ4n) is 2.14. The molecule has 1 fully saturated rings. The van der Waals surface area contributed by atoms with Crippen molar-refractivity contribution in [2.45, 2.75) is 32.2 Å². The number of halogens is 1. The van der Waals surface area contributed by atoms with Gasteiger partial charge in [-0.15, -0.1) is 0 Å². The van der Waals surface area contributed by atoms with Gasteiger partial charge in [-0.3, -0.25) is 4.98 Å². The van der Waals surface area contributed by atoms with Crippen LogP contribution in [0.15, 0.2) is 22.9 Å². The zero-order chi connectivity index (χ0) is 10.2. The Bertz CT molecular complexity index is 336. The topological polar surface area (TPSA) is 16.1 Å². The quantitative estimate of drug-likeness (QED) is 0.765. The van der Waals surface area contributed by atoms with Gasteiger partial charge in [0.1, 0.15) is 0 Å². The van der Waals surface area contributed by atoms with Crippen LogP contribution in [0.3, 0.4) is 0 Å². The van der Waals surface area contributed by atoms with Crippen molar-refractivity contribution in [1.82, 2.24) is 4.98 Å². The minimum atomic E-state index is 0.282. The van der Waals surface area contributed by atoms with Crippen molar-refractivity contribution in [2.24, 2.45) is 0 Å². The lowest BCUT2D eigenvalue weighted by molar-refractivity contribution is 0.517. The summed E-state index contributed by atoms with van der Waals surface area (Å²) < 4.78 is 1.09. The highest BCUT2D eigenvalue weighted by Crippen LogP contribution is 2.36. The second-order valence-corrected chi connectivity index (χ2v) is 5.25. The van der Waals surface area contributed by atoms with Crippen molar-refractivity contribution in [3.8, 4) is 0 Å². The summed E-state index contributed by atoms with van der Waals surface area (Å²) >= 11 is 3.55. The zero-order valence-corrected chi connectivity index (χ0v) is 10.2. The summed E-state index contributed by atoms with van der Waals surface area (Å²) in [6.07, 6.45) is 6.27. The predicted molar refractivity (Wildman–Crippen MR) is 62.6 cm³/mol. The Labute approximate surface area is 93.5 Å². The van der Waals surface area contributed by atoms with Crippen LogP contribution >= 0.6 is 15.9 Å². The molecule has 0 aliphatic carbocycles. The molecule has 3 heteroatoms. The molecule has 0 spiro atoms. The minimum Gasteiger partial charge on any atom is -0.365 e. The second-order valence-electron chi connectivity index (χ2n) is 4.39. The van der Waals surface area contributed by atoms with E-state index in [-0.39, 0.29) is 5.54 Å². The van der Waals surface area contributed by atoms with E-state index < -0.39 is 0 Å². The summed E-state index contributed by atoms with van der Waals surface area (Å²) in [5.74, 6) is 0. The smallest absolute Gasteiger partial charge is 0.0592 e. The van der Waals surface area contributed by atoms with Crippen molar-refractivity contribution in [3.05, 3.63) is 22.9 Å². The van der Waals surface area contributed by atoms with Crippen LogP contribution in [0.2, 0.25) is 0 Å². The normalized spacial score (nSPS) is 20.1. The number of nitrogens with zero attached hydrogens (tertiary/aromatic N) is 2. The summed E-state index contributed by atoms with van der Waals surface area (Å²) in [6, 6.07) is 2.08. The van der Waals surface area contributed by atoms with Gasteiger partial charge >= 0.3 is 0 Å². The van der Waals surface area contributed by atoms with Gasteiger partial charge in [-0.25, -0.2) is 0 Å². The first-order chi connectivity index (χ1) is 6.61. The number of hydrogen-bond acceptors (Lipinski definition) is 2. The number of hydrogen-bond donors (Lipinski definition) is 0. The Hall–Kier alpha value is -0.570. The van der Waals surface area contributed by atoms with Gasteiger partial charge in [0.15, 0.2) is 0 Å². The summed E-state index contributed by atoms with van der Waals surface area (Å²) in [5.41, 5.74) is 1.55. The van der Waals surface area contributed by atoms with E-state index in [0.717, 1.165) is 11.0 Å². The van der Waals surface area contributed by atoms with Crippen LogP contribution in [0, 0.1) is 0 Å². The van der Waals surface area contributed by atoms with Crippen LogP contribution in [-0.2, 0) is 0 Å². The third-order valence-corrected chi connectivity index (χ3v) is 3.55. The molecule has 1 aromatic rings. The molecule has 1 aliphatic heterocycles. The molecule has 0 bridgehead atoms. The molecule has 0 amide bonds. The third kappa shape index (κ3) is 1.65. The highest BCUT2D eigenvalue weighted by Gasteiger charge is 2.32. The average molecular weight is 255 g/mol. The lowest BCUT2D eigenvalue weighted by Gasteiger charge is -2.34. The van der Waals surface area contributed by atoms with Crippen molar-refractivity contribution in [3.63, 3.8) is 0 Å². The van der Waals surface area contributed by atoms with E-state index >= 15 is 0 Å². The van der Waals surface area contributed by atoms with E-state index in [1.165, 1.54) is 18.5 Å². The van der Waals surface area contributed by atoms with Crippen molar-refractivity contribution >= 4 is 21.6 Å². The molecule has 2 nitrogen and oxygen atoms in total. The second kappa shape index (κ2) is 3.54. The first-order valence-corrected chi connectivity index (χ1v) is 5.78. The Kier molecular flexibility index (Phi) is 2.52. The van der Waals surface area contributed by atoms with Crippen LogP contribution in [-0.4, -0.2) is 17.1 Å². The van der Waals surface area contributed by atoms with Gasteiger partial charge in [0, 0.05) is 24.5 Å². The summed E-state index contributed by atoms with van der Waals surface area (Å²) in [6.45, 7) is 5.75. The van der Waals surface area contributed by atoms with Gasteiger partial charge in [-0.1, -0.05) is 0 Å². The highest BCUT2D eigenvalue weighted by atomic mass is 79.9. The fraction of sp³-hybridized carbons (Fsp3) is 0.545. The Morgan fingerprint density at radius 2 is 2.29 bits per heavy atom. The van der Waals surface area contributed by atoms with Crippen molar-refractivity contribution in [1.29, 1.82) is 0 Å². The van der Waals surface area contributed by atoms with Gasteiger partial charge in [-0.05, 0) is 48.7 Å². The molecule has 1 saturated heterocycles. The van der Waals surface area contributed by atoms with Crippen molar-refractivity contribution < 1.29 is 0 Å². The standard InChI is InChI=1S/C11H15BrN2/c1-11(2)5-3-7-14(11)10-4-6-13-8-9(10)12/h4,6,8H,3,5,7H2,1-2H3. The maximum Gasteiger partial charge on any atom is 0.0592 e. The number of anilines is 1. The molecule has 0 saturated carbocycles. The maximum absolute atomic E-state index is 4.09. The van der Waals surface area contributed by atoms with Gasteiger partial charge in [0.2, 0.25) is 0 Å². The molecule has 0 atom stereocenters. The lowest BCUT2D eigenvalue weighted by Crippen LogP contribution is -2.38. The first kappa shape index (κ1) is 9.97. The molecule has 2 heterocycles. The van der Waals surface area contributed by atoms with E-state index in [4.69, 9.17) is 0 Å². The van der Waals surface area contributed by atoms with Crippen molar-refractivity contribution in [2.75, 3.05) is 11.4 Å². The largest absolute Gasteiger partial charge is 0.365 e. The summed E-state index contributed by atoms with van der Waals surface area (Å²) in [4.78, 5) is 6.55. The van der Waals surface area contributed by atoms with Crippen LogP contribution in [0.1, 0.15) is 26.7 Å². The molecule has 1 aliphatic rings. The van der Waals surface area contributed by atoms with E-state index in [1.807, 2.05) is 12.4 Å². The van der Waals surface area contributed by atoms with Gasteiger partial charge in [0.05, 0.1) is 10.2 Å². The molecule has 0 unspecified atom stereocenters. The maximum atomic E-state index is 4.09. The molecular weight excluding hydrogens is 240 g/mol. The zero-order valence-electron chi connectivity index (χ0n) is 8.63. The molecule has 0 radical (unpaired) electrons. The monoisotopic (exact) mass is 254 g/mol. The molecule has 0 aromatic carbocycles. The van der Waals surface area contributed by atoms with Crippen LogP contribution in [0.4, 0.5) is 5.69 Å².